The Labute approximate surface area is 92.7 Å². The van der Waals surface area contributed by atoms with E-state index in [1.807, 2.05) is 0 Å². The molecule has 0 aliphatic rings. The van der Waals surface area contributed by atoms with Crippen LogP contribution >= 0.6 is 11.6 Å². The summed E-state index contributed by atoms with van der Waals surface area (Å²) in [5.74, 6) is -0.438. The number of hydrogen-bond donors (Lipinski definition) is 3. The van der Waals surface area contributed by atoms with E-state index in [9.17, 15) is 8.42 Å². The summed E-state index contributed by atoms with van der Waals surface area (Å²) in [5.41, 5.74) is 0.405. The summed E-state index contributed by atoms with van der Waals surface area (Å²) < 4.78 is 21.7. The number of halogens is 1. The topological polar surface area (TPSA) is 101 Å². The van der Waals surface area contributed by atoms with E-state index < -0.39 is 22.9 Å². The second-order valence-electron chi connectivity index (χ2n) is 3.03. The summed E-state index contributed by atoms with van der Waals surface area (Å²) in [5, 5.41) is 22.8. The Morgan fingerprint density at radius 2 is 2.00 bits per heavy atom. The van der Waals surface area contributed by atoms with Crippen LogP contribution in [0.15, 0.2) is 18.2 Å². The largest absolute Gasteiger partial charge is 0.488 e. The SMILES string of the molecule is NS(=O)(=O)Cc1cc(B(O)O)ccc1Cl. The number of sulfonamides is 1. The lowest BCUT2D eigenvalue weighted by Gasteiger charge is -2.05. The molecule has 0 spiro atoms. The summed E-state index contributed by atoms with van der Waals surface area (Å²) >= 11 is 5.72. The van der Waals surface area contributed by atoms with Gasteiger partial charge in [0.25, 0.3) is 0 Å². The maximum absolute atomic E-state index is 10.8. The summed E-state index contributed by atoms with van der Waals surface area (Å²) in [6, 6.07) is 4.06. The van der Waals surface area contributed by atoms with Crippen molar-refractivity contribution in [2.24, 2.45) is 5.14 Å². The molecule has 0 atom stereocenters. The van der Waals surface area contributed by atoms with Gasteiger partial charge in [0.2, 0.25) is 10.0 Å². The third kappa shape index (κ3) is 3.81. The standard InChI is InChI=1S/C7H9BClNO4S/c9-7-2-1-6(8(11)12)3-5(7)4-15(10,13)14/h1-3,11-12H,4H2,(H2,10,13,14). The van der Waals surface area contributed by atoms with Gasteiger partial charge < -0.3 is 10.0 Å². The van der Waals surface area contributed by atoms with Gasteiger partial charge in [0, 0.05) is 5.02 Å². The first-order valence-corrected chi connectivity index (χ1v) is 6.04. The fourth-order valence-electron chi connectivity index (χ4n) is 1.08. The lowest BCUT2D eigenvalue weighted by Crippen LogP contribution is -2.30. The van der Waals surface area contributed by atoms with Crippen LogP contribution in [0.4, 0.5) is 0 Å². The van der Waals surface area contributed by atoms with Crippen LogP contribution in [0.5, 0.6) is 0 Å². The third-order valence-corrected chi connectivity index (χ3v) is 2.81. The Balaban J connectivity index is 3.11. The number of hydrogen-bond acceptors (Lipinski definition) is 4. The predicted octanol–water partition coefficient (Wildman–Crippen LogP) is -1.19. The molecule has 1 aromatic carbocycles. The number of benzene rings is 1. The van der Waals surface area contributed by atoms with Crippen LogP contribution < -0.4 is 10.6 Å². The molecule has 15 heavy (non-hydrogen) atoms. The van der Waals surface area contributed by atoms with Crippen LogP contribution in [0.2, 0.25) is 5.02 Å². The van der Waals surface area contributed by atoms with Gasteiger partial charge >= 0.3 is 7.12 Å². The van der Waals surface area contributed by atoms with Crippen molar-refractivity contribution in [1.29, 1.82) is 0 Å². The minimum absolute atomic E-state index is 0.165. The number of primary sulfonamides is 1. The zero-order valence-electron chi connectivity index (χ0n) is 7.59. The first kappa shape index (κ1) is 12.5. The van der Waals surface area contributed by atoms with Crippen molar-refractivity contribution in [2.75, 3.05) is 0 Å². The Morgan fingerprint density at radius 3 is 2.47 bits per heavy atom. The molecule has 4 N–H and O–H groups in total. The lowest BCUT2D eigenvalue weighted by molar-refractivity contribution is 0.425. The van der Waals surface area contributed by atoms with Crippen LogP contribution in [-0.4, -0.2) is 25.6 Å². The van der Waals surface area contributed by atoms with Crippen molar-refractivity contribution in [1.82, 2.24) is 0 Å². The summed E-state index contributed by atoms with van der Waals surface area (Å²) in [6.07, 6.45) is 0. The first-order chi connectivity index (χ1) is 6.79. The van der Waals surface area contributed by atoms with Gasteiger partial charge in [0.15, 0.2) is 0 Å². The highest BCUT2D eigenvalue weighted by Gasteiger charge is 2.15. The van der Waals surface area contributed by atoms with Crippen LogP contribution in [0.25, 0.3) is 0 Å². The van der Waals surface area contributed by atoms with Crippen molar-refractivity contribution < 1.29 is 18.5 Å². The minimum atomic E-state index is -3.69. The molecule has 5 nitrogen and oxygen atoms in total. The normalized spacial score (nSPS) is 11.5. The second kappa shape index (κ2) is 4.50. The molecule has 0 amide bonds. The number of rotatable bonds is 3. The van der Waals surface area contributed by atoms with E-state index in [0.29, 0.717) is 0 Å². The summed E-state index contributed by atoms with van der Waals surface area (Å²) in [6.45, 7) is 0. The van der Waals surface area contributed by atoms with Gasteiger partial charge in [-0.05, 0) is 17.1 Å². The van der Waals surface area contributed by atoms with Crippen molar-refractivity contribution >= 4 is 34.2 Å². The average Bonchev–Trinajstić information content (AvgIpc) is 2.06. The molecular formula is C7H9BClNO4S. The monoisotopic (exact) mass is 249 g/mol. The number of nitrogens with two attached hydrogens (primary N) is 1. The lowest BCUT2D eigenvalue weighted by atomic mass is 9.80. The average molecular weight is 249 g/mol. The van der Waals surface area contributed by atoms with Crippen LogP contribution in [0.1, 0.15) is 5.56 Å². The van der Waals surface area contributed by atoms with E-state index in [1.54, 1.807) is 0 Å². The molecular weight excluding hydrogens is 240 g/mol. The molecule has 0 aliphatic carbocycles. The van der Waals surface area contributed by atoms with E-state index in [1.165, 1.54) is 18.2 Å². The maximum atomic E-state index is 10.8. The minimum Gasteiger partial charge on any atom is -0.423 e. The molecule has 0 radical (unpaired) electrons. The van der Waals surface area contributed by atoms with Gasteiger partial charge in [0.1, 0.15) is 0 Å². The zero-order chi connectivity index (χ0) is 11.6. The Morgan fingerprint density at radius 1 is 1.40 bits per heavy atom. The molecule has 0 saturated heterocycles. The summed E-state index contributed by atoms with van der Waals surface area (Å²) in [4.78, 5) is 0. The van der Waals surface area contributed by atoms with E-state index in [4.69, 9.17) is 26.8 Å². The van der Waals surface area contributed by atoms with Gasteiger partial charge in [-0.2, -0.15) is 0 Å². The molecule has 0 unspecified atom stereocenters. The highest BCUT2D eigenvalue weighted by Crippen LogP contribution is 2.15. The van der Waals surface area contributed by atoms with Crippen LogP contribution in [0, 0.1) is 0 Å². The molecule has 0 aromatic heterocycles. The fourth-order valence-corrected chi connectivity index (χ4v) is 2.02. The van der Waals surface area contributed by atoms with Crippen molar-refractivity contribution in [3.8, 4) is 0 Å². The van der Waals surface area contributed by atoms with E-state index in [-0.39, 0.29) is 16.0 Å². The molecule has 1 rings (SSSR count). The van der Waals surface area contributed by atoms with E-state index in [0.717, 1.165) is 0 Å². The Bertz CT molecular complexity index is 462. The van der Waals surface area contributed by atoms with Crippen LogP contribution in [0.3, 0.4) is 0 Å². The van der Waals surface area contributed by atoms with E-state index >= 15 is 0 Å². The molecule has 0 heterocycles. The molecule has 0 aliphatic heterocycles. The molecule has 0 bridgehead atoms. The maximum Gasteiger partial charge on any atom is 0.488 e. The van der Waals surface area contributed by atoms with Crippen molar-refractivity contribution in [3.63, 3.8) is 0 Å². The van der Waals surface area contributed by atoms with Gasteiger partial charge in [-0.3, -0.25) is 0 Å². The van der Waals surface area contributed by atoms with Crippen molar-refractivity contribution in [2.45, 2.75) is 5.75 Å². The van der Waals surface area contributed by atoms with Gasteiger partial charge in [-0.1, -0.05) is 23.7 Å². The zero-order valence-corrected chi connectivity index (χ0v) is 9.16. The quantitative estimate of drug-likeness (QED) is 0.586. The second-order valence-corrected chi connectivity index (χ2v) is 5.05. The highest BCUT2D eigenvalue weighted by atomic mass is 35.5. The molecule has 1 aromatic rings. The van der Waals surface area contributed by atoms with Gasteiger partial charge in [-0.25, -0.2) is 13.6 Å². The van der Waals surface area contributed by atoms with Crippen LogP contribution in [-0.2, 0) is 15.8 Å². The molecule has 0 fully saturated rings. The van der Waals surface area contributed by atoms with Gasteiger partial charge in [0.05, 0.1) is 5.75 Å². The predicted molar refractivity (Wildman–Crippen MR) is 58.1 cm³/mol. The smallest absolute Gasteiger partial charge is 0.423 e. The Kier molecular flexibility index (Phi) is 3.74. The summed E-state index contributed by atoms with van der Waals surface area (Å²) in [7, 11) is -5.36. The Hall–Kier alpha value is -0.595. The third-order valence-electron chi connectivity index (χ3n) is 1.72. The molecule has 0 saturated carbocycles. The highest BCUT2D eigenvalue weighted by molar-refractivity contribution is 7.88. The van der Waals surface area contributed by atoms with Crippen molar-refractivity contribution in [3.05, 3.63) is 28.8 Å². The molecule has 82 valence electrons. The fraction of sp³-hybridized carbons (Fsp3) is 0.143. The van der Waals surface area contributed by atoms with E-state index in [2.05, 4.69) is 0 Å². The van der Waals surface area contributed by atoms with Gasteiger partial charge in [-0.15, -0.1) is 0 Å². The first-order valence-electron chi connectivity index (χ1n) is 3.94. The molecule has 8 heteroatoms.